The van der Waals surface area contributed by atoms with E-state index in [4.69, 9.17) is 0 Å². The van der Waals surface area contributed by atoms with Crippen molar-refractivity contribution >= 4 is 34.2 Å². The van der Waals surface area contributed by atoms with E-state index in [1.165, 1.54) is 4.90 Å². The quantitative estimate of drug-likeness (QED) is 0.791. The van der Waals surface area contributed by atoms with Gasteiger partial charge in [0.2, 0.25) is 11.8 Å². The van der Waals surface area contributed by atoms with Crippen molar-refractivity contribution < 1.29 is 14.4 Å². The summed E-state index contributed by atoms with van der Waals surface area (Å²) in [5, 5.41) is 3.98. The number of hydrogen-bond donors (Lipinski definition) is 1. The molecule has 3 amide bonds. The van der Waals surface area contributed by atoms with E-state index in [9.17, 15) is 14.4 Å². The summed E-state index contributed by atoms with van der Waals surface area (Å²) in [4.78, 5) is 41.6. The van der Waals surface area contributed by atoms with E-state index in [0.717, 1.165) is 10.8 Å². The number of rotatable bonds is 1. The predicted octanol–water partition coefficient (Wildman–Crippen LogP) is 1.00. The fourth-order valence-corrected chi connectivity index (χ4v) is 3.04. The maximum Gasteiger partial charge on any atom is 0.278 e. The minimum Gasteiger partial charge on any atom is -0.295 e. The minimum atomic E-state index is -0.657. The Morgan fingerprint density at radius 3 is 2.86 bits per heavy atom. The molecule has 2 aliphatic rings. The first kappa shape index (κ1) is 12.0. The van der Waals surface area contributed by atoms with Gasteiger partial charge in [0.1, 0.15) is 11.7 Å². The highest BCUT2D eigenvalue weighted by Gasteiger charge is 2.41. The predicted molar refractivity (Wildman–Crippen MR) is 74.7 cm³/mol. The van der Waals surface area contributed by atoms with Crippen molar-refractivity contribution in [2.45, 2.75) is 18.9 Å². The van der Waals surface area contributed by atoms with Crippen LogP contribution in [0.4, 0.5) is 5.69 Å². The number of nitrogens with one attached hydrogen (secondary N) is 1. The molecule has 21 heavy (non-hydrogen) atoms. The van der Waals surface area contributed by atoms with Crippen molar-refractivity contribution in [2.75, 3.05) is 4.90 Å². The van der Waals surface area contributed by atoms with Gasteiger partial charge in [-0.15, -0.1) is 0 Å². The van der Waals surface area contributed by atoms with Crippen LogP contribution in [0.2, 0.25) is 0 Å². The van der Waals surface area contributed by atoms with Crippen molar-refractivity contribution in [1.82, 2.24) is 10.3 Å². The van der Waals surface area contributed by atoms with E-state index in [-0.39, 0.29) is 18.2 Å². The van der Waals surface area contributed by atoms with Gasteiger partial charge in [-0.2, -0.15) is 0 Å². The summed E-state index contributed by atoms with van der Waals surface area (Å²) >= 11 is 0. The van der Waals surface area contributed by atoms with E-state index in [2.05, 4.69) is 10.3 Å². The van der Waals surface area contributed by atoms with Gasteiger partial charge in [-0.1, -0.05) is 12.1 Å². The Balaban J connectivity index is 1.86. The Morgan fingerprint density at radius 1 is 1.19 bits per heavy atom. The smallest absolute Gasteiger partial charge is 0.278 e. The number of imide groups is 1. The molecular formula is C15H11N3O3. The largest absolute Gasteiger partial charge is 0.295 e. The topological polar surface area (TPSA) is 79.4 Å². The zero-order valence-electron chi connectivity index (χ0n) is 11.0. The zero-order chi connectivity index (χ0) is 14.6. The molecule has 104 valence electrons. The summed E-state index contributed by atoms with van der Waals surface area (Å²) in [5.74, 6) is -1.00. The molecule has 1 atom stereocenters. The number of hydrogen-bond acceptors (Lipinski definition) is 4. The van der Waals surface area contributed by atoms with Gasteiger partial charge in [-0.25, -0.2) is 0 Å². The van der Waals surface area contributed by atoms with E-state index < -0.39 is 11.9 Å². The number of aromatic nitrogens is 1. The van der Waals surface area contributed by atoms with E-state index in [0.29, 0.717) is 17.8 Å². The number of anilines is 1. The lowest BCUT2D eigenvalue weighted by Gasteiger charge is -2.29. The van der Waals surface area contributed by atoms with Gasteiger partial charge in [0, 0.05) is 18.0 Å². The Kier molecular flexibility index (Phi) is 2.35. The normalized spacial score (nSPS) is 21.0. The number of benzene rings is 1. The molecule has 4 rings (SSSR count). The molecule has 2 aromatic rings. The van der Waals surface area contributed by atoms with Crippen molar-refractivity contribution in [3.8, 4) is 0 Å². The van der Waals surface area contributed by atoms with Crippen LogP contribution in [-0.2, 0) is 9.59 Å². The second-order valence-corrected chi connectivity index (χ2v) is 5.18. The molecule has 0 bridgehead atoms. The lowest BCUT2D eigenvalue weighted by molar-refractivity contribution is -0.134. The third-order valence-corrected chi connectivity index (χ3v) is 3.97. The summed E-state index contributed by atoms with van der Waals surface area (Å²) in [7, 11) is 0. The molecule has 2 aliphatic heterocycles. The molecule has 1 aromatic carbocycles. The maximum absolute atomic E-state index is 12.6. The number of carbonyl (C=O) groups is 3. The maximum atomic E-state index is 12.6. The number of pyridine rings is 1. The number of carbonyl (C=O) groups excluding carboxylic acids is 3. The molecule has 1 saturated heterocycles. The number of amides is 3. The van der Waals surface area contributed by atoms with Crippen LogP contribution in [0.1, 0.15) is 23.3 Å². The molecule has 0 radical (unpaired) electrons. The van der Waals surface area contributed by atoms with Crippen LogP contribution in [0.15, 0.2) is 30.5 Å². The monoisotopic (exact) mass is 281 g/mol. The summed E-state index contributed by atoms with van der Waals surface area (Å²) in [5.41, 5.74) is 1.06. The second-order valence-electron chi connectivity index (χ2n) is 5.18. The van der Waals surface area contributed by atoms with Gasteiger partial charge in [0.15, 0.2) is 0 Å². The standard InChI is InChI=1S/C15H11N3O3/c19-11-5-4-10(14(20)17-11)18-9-3-1-2-8-6-7-16-13(12(8)9)15(18)21/h1-3,6-7,10H,4-5H2,(H,17,19,20). The van der Waals surface area contributed by atoms with Gasteiger partial charge in [-0.3, -0.25) is 29.6 Å². The third kappa shape index (κ3) is 1.59. The molecular weight excluding hydrogens is 270 g/mol. The molecule has 6 nitrogen and oxygen atoms in total. The van der Waals surface area contributed by atoms with Crippen LogP contribution < -0.4 is 10.2 Å². The Labute approximate surface area is 119 Å². The molecule has 1 fully saturated rings. The van der Waals surface area contributed by atoms with Crippen LogP contribution in [0, 0.1) is 0 Å². The SMILES string of the molecule is O=C1CCC(N2C(=O)c3nccc4cccc2c34)C(=O)N1. The molecule has 1 unspecified atom stereocenters. The molecule has 0 aliphatic carbocycles. The van der Waals surface area contributed by atoms with Crippen LogP contribution in [-0.4, -0.2) is 28.7 Å². The summed E-state index contributed by atoms with van der Waals surface area (Å²) in [6, 6.07) is 6.74. The Bertz CT molecular complexity index is 810. The Morgan fingerprint density at radius 2 is 2.05 bits per heavy atom. The van der Waals surface area contributed by atoms with Gasteiger partial charge in [0.25, 0.3) is 5.91 Å². The zero-order valence-corrected chi connectivity index (χ0v) is 11.0. The second kappa shape index (κ2) is 4.12. The van der Waals surface area contributed by atoms with E-state index in [1.54, 1.807) is 6.20 Å². The average Bonchev–Trinajstić information content (AvgIpc) is 2.75. The highest BCUT2D eigenvalue weighted by molar-refractivity contribution is 6.26. The van der Waals surface area contributed by atoms with Crippen LogP contribution in [0.25, 0.3) is 10.8 Å². The number of nitrogens with zero attached hydrogens (tertiary/aromatic N) is 2. The molecule has 6 heteroatoms. The van der Waals surface area contributed by atoms with E-state index >= 15 is 0 Å². The molecule has 3 heterocycles. The average molecular weight is 281 g/mol. The third-order valence-electron chi connectivity index (χ3n) is 3.97. The Hall–Kier alpha value is -2.76. The molecule has 1 N–H and O–H groups in total. The van der Waals surface area contributed by atoms with Gasteiger partial charge < -0.3 is 0 Å². The number of piperidine rings is 1. The molecule has 0 spiro atoms. The lowest BCUT2D eigenvalue weighted by atomic mass is 10.0. The molecule has 1 aromatic heterocycles. The van der Waals surface area contributed by atoms with Gasteiger partial charge in [0.05, 0.1) is 5.69 Å². The van der Waals surface area contributed by atoms with Gasteiger partial charge in [-0.05, 0) is 23.9 Å². The fourth-order valence-electron chi connectivity index (χ4n) is 3.04. The van der Waals surface area contributed by atoms with Gasteiger partial charge >= 0.3 is 0 Å². The van der Waals surface area contributed by atoms with Crippen molar-refractivity contribution in [2.24, 2.45) is 0 Å². The summed E-state index contributed by atoms with van der Waals surface area (Å²) < 4.78 is 0. The first-order valence-electron chi connectivity index (χ1n) is 6.72. The molecule has 0 saturated carbocycles. The lowest BCUT2D eigenvalue weighted by Crippen LogP contribution is -2.53. The first-order chi connectivity index (χ1) is 10.2. The van der Waals surface area contributed by atoms with E-state index in [1.807, 2.05) is 24.3 Å². The van der Waals surface area contributed by atoms with Crippen LogP contribution in [0.5, 0.6) is 0 Å². The summed E-state index contributed by atoms with van der Waals surface area (Å²) in [6.45, 7) is 0. The first-order valence-corrected chi connectivity index (χ1v) is 6.72. The fraction of sp³-hybridized carbons (Fsp3) is 0.200. The minimum absolute atomic E-state index is 0.236. The van der Waals surface area contributed by atoms with Crippen LogP contribution in [0.3, 0.4) is 0 Å². The highest BCUT2D eigenvalue weighted by atomic mass is 16.2. The van der Waals surface area contributed by atoms with Crippen LogP contribution >= 0.6 is 0 Å². The van der Waals surface area contributed by atoms with Crippen molar-refractivity contribution in [3.05, 3.63) is 36.2 Å². The van der Waals surface area contributed by atoms with Crippen molar-refractivity contribution in [3.63, 3.8) is 0 Å². The summed E-state index contributed by atoms with van der Waals surface area (Å²) in [6.07, 6.45) is 2.16. The van der Waals surface area contributed by atoms with Crippen molar-refractivity contribution in [1.29, 1.82) is 0 Å². The highest BCUT2D eigenvalue weighted by Crippen LogP contribution is 2.38.